The van der Waals surface area contributed by atoms with Gasteiger partial charge in [-0.1, -0.05) is 12.1 Å². The smallest absolute Gasteiger partial charge is 0.303 e. The van der Waals surface area contributed by atoms with Crippen LogP contribution in [0.1, 0.15) is 30.4 Å². The summed E-state index contributed by atoms with van der Waals surface area (Å²) in [6, 6.07) is 6.38. The molecule has 92 valence electrons. The average Bonchev–Trinajstić information content (AvgIpc) is 2.30. The van der Waals surface area contributed by atoms with E-state index in [9.17, 15) is 4.79 Å². The fourth-order valence-corrected chi connectivity index (χ4v) is 2.55. The maximum atomic E-state index is 10.5. The molecule has 3 heteroatoms. The van der Waals surface area contributed by atoms with Crippen molar-refractivity contribution in [2.75, 3.05) is 18.5 Å². The predicted octanol–water partition coefficient (Wildman–Crippen LogP) is 2.48. The molecule has 0 bridgehead atoms. The minimum atomic E-state index is -0.702. The molecule has 0 saturated carbocycles. The summed E-state index contributed by atoms with van der Waals surface area (Å²) in [7, 11) is 2.12. The van der Waals surface area contributed by atoms with E-state index in [1.807, 2.05) is 0 Å². The Hall–Kier alpha value is -1.51. The number of carbonyl (C=O) groups is 1. The molecule has 1 aromatic rings. The van der Waals surface area contributed by atoms with Crippen molar-refractivity contribution < 1.29 is 9.90 Å². The van der Waals surface area contributed by atoms with E-state index in [0.717, 1.165) is 25.8 Å². The molecule has 0 unspecified atom stereocenters. The summed E-state index contributed by atoms with van der Waals surface area (Å²) >= 11 is 0. The van der Waals surface area contributed by atoms with Crippen molar-refractivity contribution in [3.63, 3.8) is 0 Å². The zero-order valence-electron chi connectivity index (χ0n) is 10.3. The van der Waals surface area contributed by atoms with Gasteiger partial charge in [0.05, 0.1) is 0 Å². The molecule has 1 heterocycles. The van der Waals surface area contributed by atoms with Gasteiger partial charge in [-0.05, 0) is 42.9 Å². The number of hydrogen-bond donors (Lipinski definition) is 1. The molecule has 3 nitrogen and oxygen atoms in total. The number of aliphatic carboxylic acids is 1. The number of anilines is 1. The first kappa shape index (κ1) is 12.0. The Kier molecular flexibility index (Phi) is 3.67. The van der Waals surface area contributed by atoms with E-state index in [1.165, 1.54) is 23.2 Å². The maximum Gasteiger partial charge on any atom is 0.303 e. The van der Waals surface area contributed by atoms with E-state index in [1.54, 1.807) is 0 Å². The van der Waals surface area contributed by atoms with Crippen molar-refractivity contribution in [2.45, 2.75) is 32.1 Å². The second kappa shape index (κ2) is 5.21. The third kappa shape index (κ3) is 2.78. The Bertz CT molecular complexity index is 415. The lowest BCUT2D eigenvalue weighted by atomic mass is 9.94. The van der Waals surface area contributed by atoms with Crippen LogP contribution in [-0.4, -0.2) is 24.7 Å². The van der Waals surface area contributed by atoms with E-state index >= 15 is 0 Å². The lowest BCUT2D eigenvalue weighted by Crippen LogP contribution is -2.25. The van der Waals surface area contributed by atoms with Crippen molar-refractivity contribution >= 4 is 11.7 Å². The number of hydrogen-bond acceptors (Lipinski definition) is 2. The Balaban J connectivity index is 2.12. The number of carboxylic acid groups (broad SMARTS) is 1. The van der Waals surface area contributed by atoms with E-state index in [4.69, 9.17) is 5.11 Å². The van der Waals surface area contributed by atoms with Gasteiger partial charge in [0.15, 0.2) is 0 Å². The quantitative estimate of drug-likeness (QED) is 0.868. The van der Waals surface area contributed by atoms with Gasteiger partial charge in [0.2, 0.25) is 0 Å². The second-order valence-electron chi connectivity index (χ2n) is 4.69. The minimum absolute atomic E-state index is 0.263. The van der Waals surface area contributed by atoms with Gasteiger partial charge in [0, 0.05) is 25.7 Å². The summed E-state index contributed by atoms with van der Waals surface area (Å²) in [6.45, 7) is 1.12. The largest absolute Gasteiger partial charge is 0.481 e. The minimum Gasteiger partial charge on any atom is -0.481 e. The highest BCUT2D eigenvalue weighted by Gasteiger charge is 2.16. The molecule has 0 saturated heterocycles. The van der Waals surface area contributed by atoms with Crippen molar-refractivity contribution in [1.82, 2.24) is 0 Å². The zero-order chi connectivity index (χ0) is 12.3. The number of benzene rings is 1. The summed E-state index contributed by atoms with van der Waals surface area (Å²) in [5.74, 6) is -0.702. The number of nitrogens with zero attached hydrogens (tertiary/aromatic N) is 1. The summed E-state index contributed by atoms with van der Waals surface area (Å²) in [6.07, 6.45) is 4.20. The fourth-order valence-electron chi connectivity index (χ4n) is 2.55. The monoisotopic (exact) mass is 233 g/mol. The van der Waals surface area contributed by atoms with Gasteiger partial charge in [-0.3, -0.25) is 4.79 Å². The Morgan fingerprint density at radius 1 is 1.47 bits per heavy atom. The first-order chi connectivity index (χ1) is 8.18. The molecule has 0 spiro atoms. The van der Waals surface area contributed by atoms with Gasteiger partial charge in [0.1, 0.15) is 0 Å². The lowest BCUT2D eigenvalue weighted by molar-refractivity contribution is -0.137. The summed E-state index contributed by atoms with van der Waals surface area (Å²) < 4.78 is 0. The molecule has 2 rings (SSSR count). The van der Waals surface area contributed by atoms with Gasteiger partial charge in [-0.2, -0.15) is 0 Å². The van der Waals surface area contributed by atoms with Gasteiger partial charge in [0.25, 0.3) is 0 Å². The van der Waals surface area contributed by atoms with Crippen LogP contribution < -0.4 is 4.90 Å². The molecule has 0 fully saturated rings. The molecule has 0 aliphatic carbocycles. The van der Waals surface area contributed by atoms with E-state index in [-0.39, 0.29) is 6.42 Å². The zero-order valence-corrected chi connectivity index (χ0v) is 10.3. The number of fused-ring (bicyclic) bond motifs is 1. The molecule has 0 aromatic heterocycles. The van der Waals surface area contributed by atoms with Crippen LogP contribution in [0.3, 0.4) is 0 Å². The van der Waals surface area contributed by atoms with Gasteiger partial charge >= 0.3 is 5.97 Å². The normalized spacial score (nSPS) is 14.5. The summed E-state index contributed by atoms with van der Waals surface area (Å²) in [5.41, 5.74) is 4.08. The van der Waals surface area contributed by atoms with Crippen LogP contribution in [0.2, 0.25) is 0 Å². The second-order valence-corrected chi connectivity index (χ2v) is 4.69. The van der Waals surface area contributed by atoms with Crippen LogP contribution in [0.5, 0.6) is 0 Å². The molecule has 1 N–H and O–H groups in total. The highest BCUT2D eigenvalue weighted by molar-refractivity contribution is 5.66. The Morgan fingerprint density at radius 3 is 3.06 bits per heavy atom. The number of rotatable bonds is 4. The van der Waals surface area contributed by atoms with Gasteiger partial charge in [-0.15, -0.1) is 0 Å². The van der Waals surface area contributed by atoms with Crippen LogP contribution >= 0.6 is 0 Å². The van der Waals surface area contributed by atoms with E-state index in [0.29, 0.717) is 0 Å². The fraction of sp³-hybridized carbons (Fsp3) is 0.500. The van der Waals surface area contributed by atoms with Crippen LogP contribution in [0.4, 0.5) is 5.69 Å². The van der Waals surface area contributed by atoms with Crippen LogP contribution in [0.15, 0.2) is 18.2 Å². The van der Waals surface area contributed by atoms with Crippen LogP contribution in [-0.2, 0) is 17.6 Å². The van der Waals surface area contributed by atoms with Crippen molar-refractivity contribution in [2.24, 2.45) is 0 Å². The predicted molar refractivity (Wildman–Crippen MR) is 68.6 cm³/mol. The Labute approximate surface area is 102 Å². The Morgan fingerprint density at radius 2 is 2.29 bits per heavy atom. The van der Waals surface area contributed by atoms with Gasteiger partial charge in [-0.25, -0.2) is 0 Å². The van der Waals surface area contributed by atoms with Crippen molar-refractivity contribution in [3.05, 3.63) is 29.3 Å². The number of aryl methyl sites for hydroxylation is 1. The van der Waals surface area contributed by atoms with Gasteiger partial charge < -0.3 is 10.0 Å². The summed E-state index contributed by atoms with van der Waals surface area (Å²) in [4.78, 5) is 12.8. The topological polar surface area (TPSA) is 40.5 Å². The van der Waals surface area contributed by atoms with Crippen molar-refractivity contribution in [3.8, 4) is 0 Å². The average molecular weight is 233 g/mol. The first-order valence-corrected chi connectivity index (χ1v) is 6.22. The first-order valence-electron chi connectivity index (χ1n) is 6.22. The summed E-state index contributed by atoms with van der Waals surface area (Å²) in [5, 5.41) is 8.66. The molecule has 0 atom stereocenters. The molecule has 1 aliphatic rings. The molecule has 17 heavy (non-hydrogen) atoms. The highest BCUT2D eigenvalue weighted by Crippen LogP contribution is 2.29. The molecule has 0 amide bonds. The standard InChI is InChI=1S/C14H19NO2/c1-15-10-4-7-12-11(5-2-8-13(12)15)6-3-9-14(16)17/h2,5,8H,3-4,6-7,9-10H2,1H3,(H,16,17). The van der Waals surface area contributed by atoms with Crippen LogP contribution in [0, 0.1) is 0 Å². The van der Waals surface area contributed by atoms with E-state index in [2.05, 4.69) is 30.1 Å². The van der Waals surface area contributed by atoms with E-state index < -0.39 is 5.97 Å². The highest BCUT2D eigenvalue weighted by atomic mass is 16.4. The number of carboxylic acids is 1. The van der Waals surface area contributed by atoms with Crippen molar-refractivity contribution in [1.29, 1.82) is 0 Å². The maximum absolute atomic E-state index is 10.5. The SMILES string of the molecule is CN1CCCc2c(CCCC(=O)O)cccc21. The molecule has 1 aromatic carbocycles. The third-order valence-electron chi connectivity index (χ3n) is 3.42. The van der Waals surface area contributed by atoms with Crippen LogP contribution in [0.25, 0.3) is 0 Å². The molecule has 0 radical (unpaired) electrons. The third-order valence-corrected chi connectivity index (χ3v) is 3.42. The molecular formula is C14H19NO2. The molecule has 1 aliphatic heterocycles. The lowest BCUT2D eigenvalue weighted by Gasteiger charge is -2.29. The molecular weight excluding hydrogens is 214 g/mol.